The van der Waals surface area contributed by atoms with Crippen LogP contribution in [-0.2, 0) is 0 Å². The lowest BCUT2D eigenvalue weighted by molar-refractivity contribution is 0.274. The van der Waals surface area contributed by atoms with E-state index in [9.17, 15) is 0 Å². The number of benzene rings is 1. The highest BCUT2D eigenvalue weighted by atomic mass is 14.9. The van der Waals surface area contributed by atoms with E-state index in [-0.39, 0.29) is 0 Å². The van der Waals surface area contributed by atoms with E-state index < -0.39 is 0 Å². The van der Waals surface area contributed by atoms with Crippen molar-refractivity contribution >= 4 is 0 Å². The van der Waals surface area contributed by atoms with E-state index in [1.165, 1.54) is 37.7 Å². The second-order valence-corrected chi connectivity index (χ2v) is 4.84. The van der Waals surface area contributed by atoms with Crippen molar-refractivity contribution in [3.05, 3.63) is 35.9 Å². The minimum absolute atomic E-state index is 0.575. The molecule has 0 aliphatic heterocycles. The van der Waals surface area contributed by atoms with Crippen LogP contribution in [0, 0.1) is 5.92 Å². The van der Waals surface area contributed by atoms with Crippen LogP contribution in [0.2, 0.25) is 0 Å². The summed E-state index contributed by atoms with van der Waals surface area (Å²) >= 11 is 0. The maximum atomic E-state index is 3.67. The van der Waals surface area contributed by atoms with Crippen molar-refractivity contribution < 1.29 is 0 Å². The number of hydrogen-bond donors (Lipinski definition) is 1. The Morgan fingerprint density at radius 1 is 1.12 bits per heavy atom. The Hall–Kier alpha value is -0.820. The summed E-state index contributed by atoms with van der Waals surface area (Å²) < 4.78 is 0. The molecule has 0 saturated heterocycles. The second kappa shape index (κ2) is 6.05. The summed E-state index contributed by atoms with van der Waals surface area (Å²) in [6.07, 6.45) is 7.06. The molecule has 1 aromatic rings. The first-order chi connectivity index (χ1) is 7.92. The molecule has 1 aliphatic carbocycles. The Bertz CT molecular complexity index is 288. The molecule has 1 unspecified atom stereocenters. The molecule has 1 aliphatic rings. The van der Waals surface area contributed by atoms with Gasteiger partial charge in [-0.15, -0.1) is 0 Å². The van der Waals surface area contributed by atoms with E-state index in [1.54, 1.807) is 0 Å². The number of hydrogen-bond acceptors (Lipinski definition) is 1. The van der Waals surface area contributed by atoms with Crippen molar-refractivity contribution in [3.8, 4) is 0 Å². The Morgan fingerprint density at radius 3 is 2.44 bits per heavy atom. The van der Waals surface area contributed by atoms with Crippen LogP contribution in [0.3, 0.4) is 0 Å². The first-order valence-corrected chi connectivity index (χ1v) is 6.70. The molecule has 16 heavy (non-hydrogen) atoms. The molecule has 1 N–H and O–H groups in total. The highest BCUT2D eigenvalue weighted by Gasteiger charge is 2.23. The molecule has 1 atom stereocenters. The Balaban J connectivity index is 2.09. The van der Waals surface area contributed by atoms with Crippen LogP contribution in [0.1, 0.15) is 50.6 Å². The summed E-state index contributed by atoms with van der Waals surface area (Å²) in [6, 6.07) is 11.5. The van der Waals surface area contributed by atoms with Crippen LogP contribution in [0.25, 0.3) is 0 Å². The largest absolute Gasteiger partial charge is 0.310 e. The zero-order valence-corrected chi connectivity index (χ0v) is 10.3. The molecule has 0 radical (unpaired) electrons. The zero-order valence-electron chi connectivity index (χ0n) is 10.3. The fourth-order valence-corrected chi connectivity index (χ4v) is 2.90. The number of nitrogens with one attached hydrogen (secondary N) is 1. The van der Waals surface area contributed by atoms with Crippen molar-refractivity contribution in [1.82, 2.24) is 5.32 Å². The molecule has 88 valence electrons. The van der Waals surface area contributed by atoms with Crippen molar-refractivity contribution in [1.29, 1.82) is 0 Å². The van der Waals surface area contributed by atoms with Crippen LogP contribution >= 0.6 is 0 Å². The summed E-state index contributed by atoms with van der Waals surface area (Å²) in [7, 11) is 0. The van der Waals surface area contributed by atoms with Gasteiger partial charge < -0.3 is 5.32 Å². The van der Waals surface area contributed by atoms with Crippen LogP contribution in [-0.4, -0.2) is 6.54 Å². The van der Waals surface area contributed by atoms with Gasteiger partial charge >= 0.3 is 0 Å². The van der Waals surface area contributed by atoms with E-state index >= 15 is 0 Å². The Morgan fingerprint density at radius 2 is 1.81 bits per heavy atom. The molecule has 1 nitrogen and oxygen atoms in total. The van der Waals surface area contributed by atoms with E-state index in [0.717, 1.165) is 12.5 Å². The monoisotopic (exact) mass is 217 g/mol. The van der Waals surface area contributed by atoms with Gasteiger partial charge in [-0.25, -0.2) is 0 Å². The molecule has 0 bridgehead atoms. The smallest absolute Gasteiger partial charge is 0.0348 e. The molecule has 0 spiro atoms. The van der Waals surface area contributed by atoms with Gasteiger partial charge in [0, 0.05) is 6.04 Å². The highest BCUT2D eigenvalue weighted by molar-refractivity contribution is 5.19. The third-order valence-electron chi connectivity index (χ3n) is 3.70. The molecule has 0 amide bonds. The predicted molar refractivity (Wildman–Crippen MR) is 69.4 cm³/mol. The third-order valence-corrected chi connectivity index (χ3v) is 3.70. The lowest BCUT2D eigenvalue weighted by Crippen LogP contribution is -2.29. The molecule has 0 heterocycles. The average Bonchev–Trinajstić information content (AvgIpc) is 2.38. The SMILES string of the molecule is CCNC(c1ccccc1)C1CCCCC1. The fourth-order valence-electron chi connectivity index (χ4n) is 2.90. The Labute approximate surface area is 99.3 Å². The van der Waals surface area contributed by atoms with E-state index in [4.69, 9.17) is 0 Å². The molecule has 2 rings (SSSR count). The van der Waals surface area contributed by atoms with Gasteiger partial charge in [-0.2, -0.15) is 0 Å². The number of rotatable bonds is 4. The van der Waals surface area contributed by atoms with Gasteiger partial charge in [0.25, 0.3) is 0 Å². The summed E-state index contributed by atoms with van der Waals surface area (Å²) in [5.41, 5.74) is 1.47. The zero-order chi connectivity index (χ0) is 11.2. The summed E-state index contributed by atoms with van der Waals surface area (Å²) in [5.74, 6) is 0.844. The van der Waals surface area contributed by atoms with Crippen molar-refractivity contribution in [2.45, 2.75) is 45.1 Å². The van der Waals surface area contributed by atoms with Crippen LogP contribution in [0.15, 0.2) is 30.3 Å². The summed E-state index contributed by atoms with van der Waals surface area (Å²) in [6.45, 7) is 3.27. The van der Waals surface area contributed by atoms with Gasteiger partial charge in [-0.3, -0.25) is 0 Å². The van der Waals surface area contributed by atoms with Gasteiger partial charge in [0.1, 0.15) is 0 Å². The molecule has 1 aromatic carbocycles. The van der Waals surface area contributed by atoms with Gasteiger partial charge in [0.05, 0.1) is 0 Å². The fraction of sp³-hybridized carbons (Fsp3) is 0.600. The molecule has 1 fully saturated rings. The topological polar surface area (TPSA) is 12.0 Å². The molecule has 1 heteroatoms. The van der Waals surface area contributed by atoms with Crippen molar-refractivity contribution in [2.75, 3.05) is 6.54 Å². The lowest BCUT2D eigenvalue weighted by atomic mass is 9.81. The standard InChI is InChI=1S/C15H23N/c1-2-16-15(13-9-5-3-6-10-13)14-11-7-4-8-12-14/h3,5-6,9-10,14-16H,2,4,7-8,11-12H2,1H3. The first-order valence-electron chi connectivity index (χ1n) is 6.70. The maximum absolute atomic E-state index is 3.67. The van der Waals surface area contributed by atoms with E-state index in [0.29, 0.717) is 6.04 Å². The quantitative estimate of drug-likeness (QED) is 0.806. The first kappa shape index (κ1) is 11.7. The minimum Gasteiger partial charge on any atom is -0.310 e. The average molecular weight is 217 g/mol. The molecule has 0 aromatic heterocycles. The summed E-state index contributed by atoms with van der Waals surface area (Å²) in [4.78, 5) is 0. The van der Waals surface area contributed by atoms with Gasteiger partial charge in [0.2, 0.25) is 0 Å². The van der Waals surface area contributed by atoms with Crippen LogP contribution in [0.4, 0.5) is 0 Å². The molecular weight excluding hydrogens is 194 g/mol. The highest BCUT2D eigenvalue weighted by Crippen LogP contribution is 2.34. The molecule has 1 saturated carbocycles. The third kappa shape index (κ3) is 2.85. The Kier molecular flexibility index (Phi) is 4.41. The van der Waals surface area contributed by atoms with Crippen LogP contribution in [0.5, 0.6) is 0 Å². The lowest BCUT2D eigenvalue weighted by Gasteiger charge is -2.31. The minimum atomic E-state index is 0.575. The maximum Gasteiger partial charge on any atom is 0.0348 e. The van der Waals surface area contributed by atoms with Gasteiger partial charge in [0.15, 0.2) is 0 Å². The summed E-state index contributed by atoms with van der Waals surface area (Å²) in [5, 5.41) is 3.67. The van der Waals surface area contributed by atoms with Crippen molar-refractivity contribution in [2.24, 2.45) is 5.92 Å². The second-order valence-electron chi connectivity index (χ2n) is 4.84. The van der Waals surface area contributed by atoms with E-state index in [1.807, 2.05) is 0 Å². The normalized spacial score (nSPS) is 19.6. The predicted octanol–water partition coefficient (Wildman–Crippen LogP) is 3.92. The van der Waals surface area contributed by atoms with Gasteiger partial charge in [-0.05, 0) is 30.9 Å². The van der Waals surface area contributed by atoms with Crippen LogP contribution < -0.4 is 5.32 Å². The van der Waals surface area contributed by atoms with Crippen molar-refractivity contribution in [3.63, 3.8) is 0 Å². The van der Waals surface area contributed by atoms with Gasteiger partial charge in [-0.1, -0.05) is 56.5 Å². The molecular formula is C15H23N. The van der Waals surface area contributed by atoms with E-state index in [2.05, 4.69) is 42.6 Å².